The number of allylic oxidation sites excluding steroid dienone is 1. The molecule has 4 rings (SSSR count). The monoisotopic (exact) mass is 546 g/mol. The maximum absolute atomic E-state index is 14.3. The summed E-state index contributed by atoms with van der Waals surface area (Å²) in [5.74, 6) is -2.09. The Morgan fingerprint density at radius 1 is 1.27 bits per heavy atom. The number of β-amino-alcohol motifs (C(OH)–C–C–N with tert-alkyl or cyclic N) is 1. The number of thioether (sulfide) groups is 1. The largest absolute Gasteiger partial charge is 0.465 e. The fourth-order valence-corrected chi connectivity index (χ4v) is 8.83. The van der Waals surface area contributed by atoms with Crippen LogP contribution in [0.4, 0.5) is 5.69 Å². The van der Waals surface area contributed by atoms with Crippen LogP contribution in [0.3, 0.4) is 0 Å². The van der Waals surface area contributed by atoms with Gasteiger partial charge in [-0.25, -0.2) is 0 Å². The predicted molar refractivity (Wildman–Crippen MR) is 146 cm³/mol. The van der Waals surface area contributed by atoms with Gasteiger partial charge in [0.25, 0.3) is 5.91 Å². The number of carbonyl (C=O) groups excluding carboxylic acids is 3. The number of fused-ring (bicyclic) bond motifs is 1. The van der Waals surface area contributed by atoms with Gasteiger partial charge in [0, 0.05) is 29.0 Å². The molecule has 3 saturated heterocycles. The van der Waals surface area contributed by atoms with Crippen molar-refractivity contribution in [3.63, 3.8) is 0 Å². The summed E-state index contributed by atoms with van der Waals surface area (Å²) in [6.07, 6.45) is 6.68. The molecule has 3 aliphatic rings. The topological polar surface area (TPSA) is 87.1 Å². The summed E-state index contributed by atoms with van der Waals surface area (Å²) in [5.41, 5.74) is 0.645. The first-order valence-corrected chi connectivity index (χ1v) is 14.1. The van der Waals surface area contributed by atoms with Crippen molar-refractivity contribution in [2.75, 3.05) is 31.2 Å². The molecule has 3 fully saturated rings. The molecule has 3 heterocycles. The molecule has 0 aromatic heterocycles. The van der Waals surface area contributed by atoms with Crippen molar-refractivity contribution in [3.8, 4) is 0 Å². The standard InChI is InChI=1S/C28H35ClN2O5S/c1-4-6-7-8-16-36-27(35)22-21-17-18(3)28(37-21)23(22)25(33)31(14-15-32)24(28)26(34)30(13-5-2)20-11-9-19(29)10-12-20/h4-5,9-12,18,21-24,32H,1-2,6-8,13-17H2,3H3/t18?,21-,22+,23+,24?,28?/m1/s1. The molecule has 9 heteroatoms. The second-order valence-electron chi connectivity index (χ2n) is 9.97. The van der Waals surface area contributed by atoms with Crippen molar-refractivity contribution < 1.29 is 24.2 Å². The van der Waals surface area contributed by atoms with E-state index in [1.54, 1.807) is 47.0 Å². The van der Waals surface area contributed by atoms with Crippen molar-refractivity contribution >= 4 is 46.8 Å². The Kier molecular flexibility index (Phi) is 8.71. The number of halogens is 1. The van der Waals surface area contributed by atoms with E-state index in [1.807, 2.05) is 6.08 Å². The average Bonchev–Trinajstić information content (AvgIpc) is 3.47. The number of carbonyl (C=O) groups is 3. The number of esters is 1. The van der Waals surface area contributed by atoms with Crippen molar-refractivity contribution in [1.82, 2.24) is 4.90 Å². The number of likely N-dealkylation sites (tertiary alicyclic amines) is 1. The number of hydrogen-bond acceptors (Lipinski definition) is 6. The zero-order chi connectivity index (χ0) is 26.7. The van der Waals surface area contributed by atoms with Gasteiger partial charge in [0.1, 0.15) is 6.04 Å². The quantitative estimate of drug-likeness (QED) is 0.241. The van der Waals surface area contributed by atoms with Crippen LogP contribution in [0, 0.1) is 17.8 Å². The minimum atomic E-state index is -0.817. The van der Waals surface area contributed by atoms with E-state index in [-0.39, 0.29) is 48.6 Å². The zero-order valence-corrected chi connectivity index (χ0v) is 22.8. The molecule has 37 heavy (non-hydrogen) atoms. The Bertz CT molecular complexity index is 1050. The molecule has 1 aromatic carbocycles. The van der Waals surface area contributed by atoms with E-state index < -0.39 is 22.6 Å². The van der Waals surface area contributed by atoms with Gasteiger partial charge in [-0.05, 0) is 55.9 Å². The third-order valence-corrected chi connectivity index (χ3v) is 10.2. The summed E-state index contributed by atoms with van der Waals surface area (Å²) in [6, 6.07) is 6.14. The molecule has 1 N–H and O–H groups in total. The molecule has 6 atom stereocenters. The second kappa shape index (κ2) is 11.6. The van der Waals surface area contributed by atoms with Gasteiger partial charge in [0.15, 0.2) is 0 Å². The van der Waals surface area contributed by atoms with E-state index in [9.17, 15) is 19.5 Å². The third kappa shape index (κ3) is 4.84. The number of aliphatic hydroxyl groups excluding tert-OH is 1. The molecule has 1 spiro atoms. The number of amides is 2. The van der Waals surface area contributed by atoms with E-state index in [2.05, 4.69) is 20.1 Å². The molecule has 200 valence electrons. The van der Waals surface area contributed by atoms with Crippen LogP contribution in [-0.2, 0) is 19.1 Å². The van der Waals surface area contributed by atoms with Crippen LogP contribution in [0.15, 0.2) is 49.6 Å². The lowest BCUT2D eigenvalue weighted by atomic mass is 9.66. The summed E-state index contributed by atoms with van der Waals surface area (Å²) in [5, 5.41) is 10.3. The number of aliphatic hydroxyl groups is 1. The maximum atomic E-state index is 14.3. The fraction of sp³-hybridized carbons (Fsp3) is 0.536. The molecule has 0 saturated carbocycles. The molecule has 7 nitrogen and oxygen atoms in total. The molecule has 2 bridgehead atoms. The maximum Gasteiger partial charge on any atom is 0.310 e. The van der Waals surface area contributed by atoms with Crippen LogP contribution in [0.1, 0.15) is 32.6 Å². The lowest BCUT2D eigenvalue weighted by Gasteiger charge is -2.40. The van der Waals surface area contributed by atoms with E-state index >= 15 is 0 Å². The van der Waals surface area contributed by atoms with Gasteiger partial charge in [0.05, 0.1) is 29.8 Å². The van der Waals surface area contributed by atoms with Crippen molar-refractivity contribution in [2.45, 2.75) is 48.6 Å². The second-order valence-corrected chi connectivity index (χ2v) is 12.0. The van der Waals surface area contributed by atoms with Gasteiger partial charge < -0.3 is 19.6 Å². The Hall–Kier alpha value is -2.29. The minimum absolute atomic E-state index is 0.0251. The minimum Gasteiger partial charge on any atom is -0.465 e. The summed E-state index contributed by atoms with van der Waals surface area (Å²) in [7, 11) is 0. The summed E-state index contributed by atoms with van der Waals surface area (Å²) in [6.45, 7) is 9.89. The smallest absolute Gasteiger partial charge is 0.310 e. The highest BCUT2D eigenvalue weighted by atomic mass is 35.5. The number of nitrogens with zero attached hydrogens (tertiary/aromatic N) is 2. The van der Waals surface area contributed by atoms with Gasteiger partial charge in [0.2, 0.25) is 5.91 Å². The Morgan fingerprint density at radius 2 is 2.00 bits per heavy atom. The number of ether oxygens (including phenoxy) is 1. The molecular weight excluding hydrogens is 512 g/mol. The Balaban J connectivity index is 1.67. The van der Waals surface area contributed by atoms with Gasteiger partial charge >= 0.3 is 5.97 Å². The lowest BCUT2D eigenvalue weighted by molar-refractivity contribution is -0.154. The van der Waals surface area contributed by atoms with Crippen LogP contribution in [0.2, 0.25) is 5.02 Å². The fourth-order valence-electron chi connectivity index (χ4n) is 6.30. The van der Waals surface area contributed by atoms with Crippen LogP contribution in [0.5, 0.6) is 0 Å². The number of unbranched alkanes of at least 4 members (excludes halogenated alkanes) is 2. The summed E-state index contributed by atoms with van der Waals surface area (Å²) >= 11 is 7.67. The van der Waals surface area contributed by atoms with Crippen molar-refractivity contribution in [1.29, 1.82) is 0 Å². The van der Waals surface area contributed by atoms with E-state index in [4.69, 9.17) is 16.3 Å². The Labute approximate surface area is 227 Å². The average molecular weight is 547 g/mol. The van der Waals surface area contributed by atoms with Gasteiger partial charge in [-0.3, -0.25) is 14.4 Å². The number of hydrogen-bond donors (Lipinski definition) is 1. The molecule has 3 unspecified atom stereocenters. The molecule has 0 aliphatic carbocycles. The lowest BCUT2D eigenvalue weighted by Crippen LogP contribution is -2.57. The molecular formula is C28H35ClN2O5S. The first-order chi connectivity index (χ1) is 17.8. The van der Waals surface area contributed by atoms with Crippen molar-refractivity contribution in [3.05, 3.63) is 54.6 Å². The van der Waals surface area contributed by atoms with E-state index in [0.29, 0.717) is 17.3 Å². The third-order valence-electron chi connectivity index (χ3n) is 7.86. The highest BCUT2D eigenvalue weighted by molar-refractivity contribution is 8.02. The molecule has 0 radical (unpaired) electrons. The van der Waals surface area contributed by atoms with Crippen LogP contribution in [0.25, 0.3) is 0 Å². The first kappa shape index (κ1) is 27.7. The van der Waals surface area contributed by atoms with E-state index in [0.717, 1.165) is 25.7 Å². The van der Waals surface area contributed by atoms with Crippen LogP contribution >= 0.6 is 23.4 Å². The zero-order valence-electron chi connectivity index (χ0n) is 21.2. The Morgan fingerprint density at radius 3 is 2.65 bits per heavy atom. The predicted octanol–water partition coefficient (Wildman–Crippen LogP) is 4.09. The summed E-state index contributed by atoms with van der Waals surface area (Å²) < 4.78 is 4.87. The number of benzene rings is 1. The van der Waals surface area contributed by atoms with Gasteiger partial charge in [-0.2, -0.15) is 0 Å². The van der Waals surface area contributed by atoms with Crippen molar-refractivity contribution in [2.24, 2.45) is 17.8 Å². The molecule has 1 aromatic rings. The number of anilines is 1. The molecule has 3 aliphatic heterocycles. The van der Waals surface area contributed by atoms with Crippen LogP contribution < -0.4 is 4.90 Å². The number of rotatable bonds is 12. The first-order valence-electron chi connectivity index (χ1n) is 12.9. The highest BCUT2D eigenvalue weighted by Gasteiger charge is 2.76. The van der Waals surface area contributed by atoms with E-state index in [1.165, 1.54) is 4.90 Å². The summed E-state index contributed by atoms with van der Waals surface area (Å²) in [4.78, 5) is 44.6. The highest BCUT2D eigenvalue weighted by Crippen LogP contribution is 2.68. The molecule has 2 amide bonds. The van der Waals surface area contributed by atoms with Gasteiger partial charge in [-0.1, -0.05) is 30.7 Å². The van der Waals surface area contributed by atoms with Crippen LogP contribution in [-0.4, -0.2) is 70.1 Å². The van der Waals surface area contributed by atoms with Gasteiger partial charge in [-0.15, -0.1) is 24.9 Å². The SMILES string of the molecule is C=CCCCCOC(=O)[C@@H]1[C@H]2C(=O)N(CCO)C(C(=O)N(CC=C)c3ccc(Cl)cc3)C23S[C@@H]1CC3C. The normalized spacial score (nSPS) is 29.8.